The van der Waals surface area contributed by atoms with E-state index in [9.17, 15) is 0 Å². The van der Waals surface area contributed by atoms with Crippen LogP contribution in [0.25, 0.3) is 0 Å². The highest BCUT2D eigenvalue weighted by Crippen LogP contribution is 2.29. The summed E-state index contributed by atoms with van der Waals surface area (Å²) in [5.41, 5.74) is 0. The van der Waals surface area contributed by atoms with Crippen molar-refractivity contribution >= 4 is 23.5 Å². The van der Waals surface area contributed by atoms with Crippen molar-refractivity contribution in [1.82, 2.24) is 5.32 Å². The lowest BCUT2D eigenvalue weighted by Gasteiger charge is -2.34. The molecule has 1 aliphatic heterocycles. The molecule has 4 unspecified atom stereocenters. The van der Waals surface area contributed by atoms with Crippen molar-refractivity contribution < 1.29 is 0 Å². The van der Waals surface area contributed by atoms with Crippen LogP contribution in [0.2, 0.25) is 0 Å². The molecule has 1 saturated carbocycles. The summed E-state index contributed by atoms with van der Waals surface area (Å²) < 4.78 is 0. The van der Waals surface area contributed by atoms with Gasteiger partial charge in [-0.3, -0.25) is 0 Å². The van der Waals surface area contributed by atoms with Gasteiger partial charge in [0.2, 0.25) is 0 Å². The zero-order chi connectivity index (χ0) is 11.4. The normalized spacial score (nSPS) is 40.9. The summed E-state index contributed by atoms with van der Waals surface area (Å²) >= 11 is 4.30. The third-order valence-electron chi connectivity index (χ3n) is 3.95. The van der Waals surface area contributed by atoms with Crippen molar-refractivity contribution in [1.29, 1.82) is 0 Å². The lowest BCUT2D eigenvalue weighted by molar-refractivity contribution is 0.230. The first-order valence-electron chi connectivity index (χ1n) is 6.68. The second-order valence-corrected chi connectivity index (χ2v) is 8.04. The standard InChI is InChI=1S/C13H25NS2/c1-10-3-4-11(2)13(7-10)14-8-12-9-15-5-6-16-12/h10-14H,3-9H2,1-2H3. The topological polar surface area (TPSA) is 12.0 Å². The molecule has 1 nitrogen and oxygen atoms in total. The van der Waals surface area contributed by atoms with E-state index in [4.69, 9.17) is 0 Å². The predicted molar refractivity (Wildman–Crippen MR) is 77.5 cm³/mol. The minimum atomic E-state index is 0.788. The maximum Gasteiger partial charge on any atom is 0.0263 e. The molecule has 0 bridgehead atoms. The lowest BCUT2D eigenvalue weighted by atomic mass is 9.80. The van der Waals surface area contributed by atoms with Crippen molar-refractivity contribution in [2.75, 3.05) is 23.8 Å². The summed E-state index contributed by atoms with van der Waals surface area (Å²) in [6, 6.07) is 0.788. The molecule has 94 valence electrons. The Kier molecular flexibility index (Phi) is 5.37. The summed E-state index contributed by atoms with van der Waals surface area (Å²) in [5, 5.41) is 4.70. The van der Waals surface area contributed by atoms with Crippen LogP contribution in [0, 0.1) is 11.8 Å². The number of rotatable bonds is 3. The smallest absolute Gasteiger partial charge is 0.0263 e. The van der Waals surface area contributed by atoms with E-state index < -0.39 is 0 Å². The van der Waals surface area contributed by atoms with Gasteiger partial charge in [0, 0.05) is 35.1 Å². The van der Waals surface area contributed by atoms with Gasteiger partial charge in [0.05, 0.1) is 0 Å². The molecule has 16 heavy (non-hydrogen) atoms. The molecule has 3 heteroatoms. The quantitative estimate of drug-likeness (QED) is 0.835. The molecule has 2 rings (SSSR count). The SMILES string of the molecule is CC1CCC(C)C(NCC2CSCCS2)C1. The van der Waals surface area contributed by atoms with Crippen LogP contribution in [0.15, 0.2) is 0 Å². The molecule has 0 aromatic heterocycles. The summed E-state index contributed by atoms with van der Waals surface area (Å²) in [4.78, 5) is 0. The molecule has 1 heterocycles. The third kappa shape index (κ3) is 3.85. The summed E-state index contributed by atoms with van der Waals surface area (Å²) in [6.07, 6.45) is 4.25. The van der Waals surface area contributed by atoms with Gasteiger partial charge in [-0.25, -0.2) is 0 Å². The lowest BCUT2D eigenvalue weighted by Crippen LogP contribution is -2.43. The Morgan fingerprint density at radius 1 is 1.19 bits per heavy atom. The highest BCUT2D eigenvalue weighted by Gasteiger charge is 2.26. The van der Waals surface area contributed by atoms with E-state index in [0.29, 0.717) is 0 Å². The van der Waals surface area contributed by atoms with Gasteiger partial charge in [-0.15, -0.1) is 0 Å². The molecule has 0 spiro atoms. The Hall–Kier alpha value is 0.660. The van der Waals surface area contributed by atoms with Gasteiger partial charge < -0.3 is 5.32 Å². The number of thioether (sulfide) groups is 2. The Balaban J connectivity index is 1.71. The van der Waals surface area contributed by atoms with E-state index >= 15 is 0 Å². The fourth-order valence-electron chi connectivity index (χ4n) is 2.75. The van der Waals surface area contributed by atoms with Crippen LogP contribution in [0.5, 0.6) is 0 Å². The van der Waals surface area contributed by atoms with E-state index in [1.165, 1.54) is 43.1 Å². The van der Waals surface area contributed by atoms with Gasteiger partial charge in [0.25, 0.3) is 0 Å². The Bertz CT molecular complexity index is 204. The molecule has 1 saturated heterocycles. The Morgan fingerprint density at radius 3 is 2.81 bits per heavy atom. The molecule has 0 aromatic carbocycles. The van der Waals surface area contributed by atoms with E-state index in [1.807, 2.05) is 0 Å². The first-order chi connectivity index (χ1) is 7.75. The molecule has 2 fully saturated rings. The summed E-state index contributed by atoms with van der Waals surface area (Å²) in [6.45, 7) is 6.07. The average molecular weight is 259 g/mol. The second kappa shape index (κ2) is 6.55. The molecule has 1 N–H and O–H groups in total. The highest BCUT2D eigenvalue weighted by atomic mass is 32.2. The molecule has 1 aliphatic carbocycles. The van der Waals surface area contributed by atoms with Crippen LogP contribution in [-0.2, 0) is 0 Å². The monoisotopic (exact) mass is 259 g/mol. The molecule has 0 amide bonds. The van der Waals surface area contributed by atoms with Crippen LogP contribution < -0.4 is 5.32 Å². The number of nitrogens with one attached hydrogen (secondary N) is 1. The van der Waals surface area contributed by atoms with E-state index in [-0.39, 0.29) is 0 Å². The molecular weight excluding hydrogens is 234 g/mol. The molecule has 0 radical (unpaired) electrons. The fraction of sp³-hybridized carbons (Fsp3) is 1.00. The van der Waals surface area contributed by atoms with Crippen molar-refractivity contribution in [2.24, 2.45) is 11.8 Å². The van der Waals surface area contributed by atoms with Gasteiger partial charge in [-0.1, -0.05) is 20.3 Å². The van der Waals surface area contributed by atoms with Crippen LogP contribution in [0.3, 0.4) is 0 Å². The van der Waals surface area contributed by atoms with Gasteiger partial charge in [-0.2, -0.15) is 23.5 Å². The number of hydrogen-bond acceptors (Lipinski definition) is 3. The molecular formula is C13H25NS2. The maximum absolute atomic E-state index is 3.84. The van der Waals surface area contributed by atoms with Crippen LogP contribution >= 0.6 is 23.5 Å². The van der Waals surface area contributed by atoms with Gasteiger partial charge in [0.1, 0.15) is 0 Å². The third-order valence-corrected chi connectivity index (χ3v) is 6.80. The van der Waals surface area contributed by atoms with E-state index in [0.717, 1.165) is 23.1 Å². The second-order valence-electron chi connectivity index (χ2n) is 5.48. The molecule has 4 atom stereocenters. The largest absolute Gasteiger partial charge is 0.313 e. The van der Waals surface area contributed by atoms with Crippen molar-refractivity contribution in [3.05, 3.63) is 0 Å². The Labute approximate surface area is 109 Å². The first-order valence-corrected chi connectivity index (χ1v) is 8.88. The highest BCUT2D eigenvalue weighted by molar-refractivity contribution is 8.06. The predicted octanol–water partition coefficient (Wildman–Crippen LogP) is 3.25. The van der Waals surface area contributed by atoms with Crippen molar-refractivity contribution in [2.45, 2.75) is 44.4 Å². The van der Waals surface area contributed by atoms with Crippen LogP contribution in [0.4, 0.5) is 0 Å². The minimum Gasteiger partial charge on any atom is -0.313 e. The summed E-state index contributed by atoms with van der Waals surface area (Å²) in [7, 11) is 0. The van der Waals surface area contributed by atoms with Crippen LogP contribution in [0.1, 0.15) is 33.1 Å². The fourth-order valence-corrected chi connectivity index (χ4v) is 5.38. The minimum absolute atomic E-state index is 0.788. The van der Waals surface area contributed by atoms with Crippen LogP contribution in [-0.4, -0.2) is 35.1 Å². The van der Waals surface area contributed by atoms with Gasteiger partial charge in [-0.05, 0) is 24.7 Å². The van der Waals surface area contributed by atoms with Crippen molar-refractivity contribution in [3.63, 3.8) is 0 Å². The molecule has 0 aromatic rings. The first kappa shape index (κ1) is 13.1. The maximum atomic E-state index is 3.84. The average Bonchev–Trinajstić information content (AvgIpc) is 2.32. The zero-order valence-electron chi connectivity index (χ0n) is 10.6. The van der Waals surface area contributed by atoms with Crippen molar-refractivity contribution in [3.8, 4) is 0 Å². The molecule has 2 aliphatic rings. The van der Waals surface area contributed by atoms with E-state index in [2.05, 4.69) is 42.7 Å². The number of hydrogen-bond donors (Lipinski definition) is 1. The van der Waals surface area contributed by atoms with E-state index in [1.54, 1.807) is 0 Å². The van der Waals surface area contributed by atoms with Gasteiger partial charge in [0.15, 0.2) is 0 Å². The summed E-state index contributed by atoms with van der Waals surface area (Å²) in [5.74, 6) is 5.89. The zero-order valence-corrected chi connectivity index (χ0v) is 12.2. The Morgan fingerprint density at radius 2 is 2.06 bits per heavy atom. The van der Waals surface area contributed by atoms with Gasteiger partial charge >= 0.3 is 0 Å².